The average Bonchev–Trinajstić information content (AvgIpc) is 2.38. The van der Waals surface area contributed by atoms with Crippen LogP contribution in [0, 0.1) is 12.3 Å². The summed E-state index contributed by atoms with van der Waals surface area (Å²) < 4.78 is 0. The van der Waals surface area contributed by atoms with E-state index in [0.717, 1.165) is 6.42 Å². The molecule has 1 rings (SSSR count). The van der Waals surface area contributed by atoms with Crippen molar-refractivity contribution < 1.29 is 0 Å². The molecule has 0 aromatic rings. The summed E-state index contributed by atoms with van der Waals surface area (Å²) in [5.41, 5.74) is 0. The fourth-order valence-corrected chi connectivity index (χ4v) is 1.96. The zero-order valence-corrected chi connectivity index (χ0v) is 9.26. The first-order valence-corrected chi connectivity index (χ1v) is 5.72. The third kappa shape index (κ3) is 4.64. The molecule has 0 aromatic heterocycles. The molecule has 1 fully saturated rings. The molecule has 1 saturated heterocycles. The number of hydrogen-bond acceptors (Lipinski definition) is 2. The summed E-state index contributed by atoms with van der Waals surface area (Å²) >= 11 is 0. The monoisotopic (exact) mass is 194 g/mol. The molecule has 0 aromatic carbocycles. The van der Waals surface area contributed by atoms with Gasteiger partial charge in [-0.2, -0.15) is 0 Å². The minimum Gasteiger partial charge on any atom is -0.313 e. The lowest BCUT2D eigenvalue weighted by atomic mass is 10.2. The summed E-state index contributed by atoms with van der Waals surface area (Å²) in [7, 11) is 0. The second-order valence-corrected chi connectivity index (χ2v) is 4.17. The molecule has 14 heavy (non-hydrogen) atoms. The van der Waals surface area contributed by atoms with E-state index in [2.05, 4.69) is 23.1 Å². The Hall–Kier alpha value is -0.520. The molecule has 0 bridgehead atoms. The lowest BCUT2D eigenvalue weighted by molar-refractivity contribution is 0.268. The van der Waals surface area contributed by atoms with Crippen molar-refractivity contribution in [3.05, 3.63) is 0 Å². The predicted octanol–water partition coefficient (Wildman–Crippen LogP) is 1.47. The van der Waals surface area contributed by atoms with E-state index in [-0.39, 0.29) is 0 Å². The Kier molecular flexibility index (Phi) is 5.66. The highest BCUT2D eigenvalue weighted by Gasteiger charge is 2.12. The maximum atomic E-state index is 5.22. The molecular weight excluding hydrogens is 172 g/mol. The van der Waals surface area contributed by atoms with Gasteiger partial charge in [0, 0.05) is 19.0 Å². The maximum absolute atomic E-state index is 5.22. The number of terminal acetylenes is 1. The van der Waals surface area contributed by atoms with Gasteiger partial charge >= 0.3 is 0 Å². The first-order valence-electron chi connectivity index (χ1n) is 5.72. The van der Waals surface area contributed by atoms with Crippen LogP contribution in [-0.4, -0.2) is 37.1 Å². The van der Waals surface area contributed by atoms with Crippen LogP contribution >= 0.6 is 0 Å². The van der Waals surface area contributed by atoms with Gasteiger partial charge < -0.3 is 10.2 Å². The fourth-order valence-electron chi connectivity index (χ4n) is 1.96. The Balaban J connectivity index is 2.12. The minimum absolute atomic E-state index is 0.644. The summed E-state index contributed by atoms with van der Waals surface area (Å²) in [5, 5.41) is 3.50. The van der Waals surface area contributed by atoms with Gasteiger partial charge in [-0.25, -0.2) is 0 Å². The highest BCUT2D eigenvalue weighted by molar-refractivity contribution is 4.83. The summed E-state index contributed by atoms with van der Waals surface area (Å²) in [6.45, 7) is 7.08. The molecular formula is C12H22N2. The van der Waals surface area contributed by atoms with E-state index in [1.165, 1.54) is 45.4 Å². The van der Waals surface area contributed by atoms with Gasteiger partial charge in [-0.3, -0.25) is 0 Å². The van der Waals surface area contributed by atoms with Crippen molar-refractivity contribution in [1.82, 2.24) is 10.2 Å². The fraction of sp³-hybridized carbons (Fsp3) is 0.833. The van der Waals surface area contributed by atoms with E-state index in [0.29, 0.717) is 6.04 Å². The van der Waals surface area contributed by atoms with Crippen molar-refractivity contribution in [3.63, 3.8) is 0 Å². The van der Waals surface area contributed by atoms with E-state index < -0.39 is 0 Å². The second-order valence-electron chi connectivity index (χ2n) is 4.17. The average molecular weight is 194 g/mol. The predicted molar refractivity (Wildman–Crippen MR) is 61.2 cm³/mol. The largest absolute Gasteiger partial charge is 0.313 e. The molecule has 0 saturated carbocycles. The van der Waals surface area contributed by atoms with Crippen molar-refractivity contribution in [1.29, 1.82) is 0 Å². The molecule has 2 nitrogen and oxygen atoms in total. The Bertz CT molecular complexity index is 183. The highest BCUT2D eigenvalue weighted by atomic mass is 15.2. The van der Waals surface area contributed by atoms with Gasteiger partial charge in [0.1, 0.15) is 0 Å². The summed E-state index contributed by atoms with van der Waals surface area (Å²) in [5.74, 6) is 2.70. The normalized spacial score (nSPS) is 24.1. The summed E-state index contributed by atoms with van der Waals surface area (Å²) in [6.07, 6.45) is 9.85. The van der Waals surface area contributed by atoms with Crippen molar-refractivity contribution in [2.45, 2.75) is 38.6 Å². The van der Waals surface area contributed by atoms with E-state index in [4.69, 9.17) is 6.42 Å². The quantitative estimate of drug-likeness (QED) is 0.538. The molecule has 0 spiro atoms. The number of nitrogens with one attached hydrogen (secondary N) is 1. The smallest absolute Gasteiger partial charge is 0.0166 e. The maximum Gasteiger partial charge on any atom is 0.0166 e. The Labute approximate surface area is 88.1 Å². The van der Waals surface area contributed by atoms with E-state index in [1.807, 2.05) is 0 Å². The van der Waals surface area contributed by atoms with Crippen LogP contribution in [-0.2, 0) is 0 Å². The summed E-state index contributed by atoms with van der Waals surface area (Å²) in [6, 6.07) is 0.644. The van der Waals surface area contributed by atoms with Crippen LogP contribution in [0.2, 0.25) is 0 Å². The first kappa shape index (κ1) is 11.6. The van der Waals surface area contributed by atoms with Gasteiger partial charge in [-0.1, -0.05) is 0 Å². The SMILES string of the molecule is C#CCCCCN1CCCNC(C)C1. The van der Waals surface area contributed by atoms with E-state index in [1.54, 1.807) is 0 Å². The van der Waals surface area contributed by atoms with Gasteiger partial charge in [0.05, 0.1) is 0 Å². The molecule has 1 atom stereocenters. The molecule has 1 N–H and O–H groups in total. The molecule has 0 radical (unpaired) electrons. The summed E-state index contributed by atoms with van der Waals surface area (Å²) in [4.78, 5) is 2.56. The van der Waals surface area contributed by atoms with Crippen LogP contribution in [0.1, 0.15) is 32.6 Å². The molecule has 0 aliphatic carbocycles. The Morgan fingerprint density at radius 3 is 3.14 bits per heavy atom. The van der Waals surface area contributed by atoms with Crippen LogP contribution in [0.5, 0.6) is 0 Å². The zero-order chi connectivity index (χ0) is 10.2. The molecule has 80 valence electrons. The molecule has 1 aliphatic rings. The topological polar surface area (TPSA) is 15.3 Å². The molecule has 1 aliphatic heterocycles. The van der Waals surface area contributed by atoms with Gasteiger partial charge in [0.15, 0.2) is 0 Å². The number of nitrogens with zero attached hydrogens (tertiary/aromatic N) is 1. The lowest BCUT2D eigenvalue weighted by Gasteiger charge is -2.21. The molecule has 1 heterocycles. The van der Waals surface area contributed by atoms with Crippen LogP contribution in [0.4, 0.5) is 0 Å². The van der Waals surface area contributed by atoms with Crippen molar-refractivity contribution >= 4 is 0 Å². The number of rotatable bonds is 4. The second kappa shape index (κ2) is 6.86. The van der Waals surface area contributed by atoms with Crippen LogP contribution in [0.25, 0.3) is 0 Å². The van der Waals surface area contributed by atoms with Crippen LogP contribution < -0.4 is 5.32 Å². The Morgan fingerprint density at radius 2 is 2.36 bits per heavy atom. The van der Waals surface area contributed by atoms with E-state index >= 15 is 0 Å². The van der Waals surface area contributed by atoms with Gasteiger partial charge in [-0.05, 0) is 45.8 Å². The lowest BCUT2D eigenvalue weighted by Crippen LogP contribution is -2.35. The number of unbranched alkanes of at least 4 members (excludes halogenated alkanes) is 2. The van der Waals surface area contributed by atoms with Gasteiger partial charge in [-0.15, -0.1) is 12.3 Å². The van der Waals surface area contributed by atoms with Gasteiger partial charge in [0.2, 0.25) is 0 Å². The molecule has 2 heteroatoms. The van der Waals surface area contributed by atoms with Crippen LogP contribution in [0.3, 0.4) is 0 Å². The Morgan fingerprint density at radius 1 is 1.50 bits per heavy atom. The van der Waals surface area contributed by atoms with Gasteiger partial charge in [0.25, 0.3) is 0 Å². The third-order valence-electron chi connectivity index (χ3n) is 2.72. The highest BCUT2D eigenvalue weighted by Crippen LogP contribution is 2.03. The van der Waals surface area contributed by atoms with Crippen molar-refractivity contribution in [2.24, 2.45) is 0 Å². The molecule has 1 unspecified atom stereocenters. The molecule has 0 amide bonds. The number of hydrogen-bond donors (Lipinski definition) is 1. The van der Waals surface area contributed by atoms with Crippen molar-refractivity contribution in [3.8, 4) is 12.3 Å². The zero-order valence-electron chi connectivity index (χ0n) is 9.26. The van der Waals surface area contributed by atoms with Crippen molar-refractivity contribution in [2.75, 3.05) is 26.2 Å². The standard InChI is InChI=1S/C12H22N2/c1-3-4-5-6-9-14-10-7-8-13-12(2)11-14/h1,12-13H,4-11H2,2H3. The first-order chi connectivity index (χ1) is 6.83. The third-order valence-corrected chi connectivity index (χ3v) is 2.72. The van der Waals surface area contributed by atoms with Crippen LogP contribution in [0.15, 0.2) is 0 Å². The van der Waals surface area contributed by atoms with E-state index in [9.17, 15) is 0 Å². The minimum atomic E-state index is 0.644.